The number of nitrogens with two attached hydrogens (primary N) is 2. The Morgan fingerprint density at radius 3 is 1.58 bits per heavy atom. The van der Waals surface area contributed by atoms with Crippen LogP contribution in [0.5, 0.6) is 0 Å². The molecule has 0 rings (SSSR count). The molecule has 0 aliphatic rings. The molecule has 0 spiro atoms. The molecule has 0 saturated heterocycles. The molecule has 2 atom stereocenters. The van der Waals surface area contributed by atoms with Crippen molar-refractivity contribution in [3.05, 3.63) is 0 Å². The van der Waals surface area contributed by atoms with Gasteiger partial charge in [-0.1, -0.05) is 13.8 Å². The van der Waals surface area contributed by atoms with Gasteiger partial charge in [-0.05, 0) is 19.8 Å². The third kappa shape index (κ3) is 5.49. The molecule has 0 fully saturated rings. The van der Waals surface area contributed by atoms with E-state index in [0.29, 0.717) is 0 Å². The zero-order chi connectivity index (χ0) is 9.56. The molecular formula is C8H20N2O2. The SMILES string of the molecule is CC[C@H](N)OC(C)O[C@@H](N)CC. The van der Waals surface area contributed by atoms with Gasteiger partial charge in [0.05, 0.1) is 0 Å². The first-order valence-electron chi connectivity index (χ1n) is 4.42. The van der Waals surface area contributed by atoms with Gasteiger partial charge in [0.15, 0.2) is 6.29 Å². The Bertz CT molecular complexity index is 99.2. The third-order valence-corrected chi connectivity index (χ3v) is 1.54. The molecule has 0 heterocycles. The minimum atomic E-state index is -0.324. The maximum atomic E-state index is 5.55. The second kappa shape index (κ2) is 6.37. The Morgan fingerprint density at radius 2 is 1.33 bits per heavy atom. The normalized spacial score (nSPS) is 16.5. The Balaban J connectivity index is 3.51. The number of hydrogen-bond donors (Lipinski definition) is 2. The molecule has 74 valence electrons. The summed E-state index contributed by atoms with van der Waals surface area (Å²) in [6, 6.07) is 0. The van der Waals surface area contributed by atoms with Gasteiger partial charge in [0.1, 0.15) is 12.5 Å². The van der Waals surface area contributed by atoms with Crippen LogP contribution in [0.4, 0.5) is 0 Å². The van der Waals surface area contributed by atoms with Gasteiger partial charge in [-0.25, -0.2) is 0 Å². The monoisotopic (exact) mass is 176 g/mol. The van der Waals surface area contributed by atoms with Gasteiger partial charge in [0, 0.05) is 0 Å². The highest BCUT2D eigenvalue weighted by atomic mass is 16.7. The van der Waals surface area contributed by atoms with Crippen molar-refractivity contribution >= 4 is 0 Å². The first-order valence-corrected chi connectivity index (χ1v) is 4.42. The molecule has 0 saturated carbocycles. The quantitative estimate of drug-likeness (QED) is 0.586. The number of rotatable bonds is 6. The summed E-state index contributed by atoms with van der Waals surface area (Å²) in [6.45, 7) is 5.71. The van der Waals surface area contributed by atoms with Crippen molar-refractivity contribution in [2.24, 2.45) is 11.5 Å². The van der Waals surface area contributed by atoms with Crippen LogP contribution in [0.1, 0.15) is 33.6 Å². The molecular weight excluding hydrogens is 156 g/mol. The van der Waals surface area contributed by atoms with E-state index in [1.165, 1.54) is 0 Å². The average molecular weight is 176 g/mol. The van der Waals surface area contributed by atoms with Crippen molar-refractivity contribution < 1.29 is 9.47 Å². The fourth-order valence-corrected chi connectivity index (χ4v) is 0.717. The fraction of sp³-hybridized carbons (Fsp3) is 1.00. The Kier molecular flexibility index (Phi) is 6.28. The van der Waals surface area contributed by atoms with E-state index in [0.717, 1.165) is 12.8 Å². The van der Waals surface area contributed by atoms with Gasteiger partial charge in [-0.3, -0.25) is 0 Å². The molecule has 0 aliphatic carbocycles. The van der Waals surface area contributed by atoms with Crippen molar-refractivity contribution in [3.63, 3.8) is 0 Å². The van der Waals surface area contributed by atoms with E-state index in [4.69, 9.17) is 20.9 Å². The lowest BCUT2D eigenvalue weighted by atomic mass is 10.4. The minimum absolute atomic E-state index is 0.260. The van der Waals surface area contributed by atoms with Gasteiger partial charge >= 0.3 is 0 Å². The lowest BCUT2D eigenvalue weighted by Crippen LogP contribution is -2.34. The molecule has 4 nitrogen and oxygen atoms in total. The Morgan fingerprint density at radius 1 is 1.00 bits per heavy atom. The summed E-state index contributed by atoms with van der Waals surface area (Å²) in [6.07, 6.45) is 0.701. The summed E-state index contributed by atoms with van der Waals surface area (Å²) in [5, 5.41) is 0. The number of ether oxygens (including phenoxy) is 2. The van der Waals surface area contributed by atoms with Crippen LogP contribution in [0.3, 0.4) is 0 Å². The van der Waals surface area contributed by atoms with Crippen LogP contribution in [0, 0.1) is 0 Å². The van der Waals surface area contributed by atoms with Crippen LogP contribution >= 0.6 is 0 Å². The summed E-state index contributed by atoms with van der Waals surface area (Å²) in [5.41, 5.74) is 11.1. The van der Waals surface area contributed by atoms with E-state index in [-0.39, 0.29) is 18.7 Å². The minimum Gasteiger partial charge on any atom is -0.335 e. The maximum absolute atomic E-state index is 5.55. The van der Waals surface area contributed by atoms with Gasteiger partial charge in [-0.2, -0.15) is 0 Å². The van der Waals surface area contributed by atoms with Crippen molar-refractivity contribution in [1.82, 2.24) is 0 Å². The maximum Gasteiger partial charge on any atom is 0.158 e. The summed E-state index contributed by atoms with van der Waals surface area (Å²) < 4.78 is 10.5. The van der Waals surface area contributed by atoms with Gasteiger partial charge < -0.3 is 20.9 Å². The molecule has 12 heavy (non-hydrogen) atoms. The molecule has 4 heteroatoms. The van der Waals surface area contributed by atoms with E-state index in [9.17, 15) is 0 Å². The predicted octanol–water partition coefficient (Wildman–Crippen LogP) is 0.755. The molecule has 0 aromatic heterocycles. The van der Waals surface area contributed by atoms with Crippen molar-refractivity contribution in [3.8, 4) is 0 Å². The predicted molar refractivity (Wildman–Crippen MR) is 48.2 cm³/mol. The third-order valence-electron chi connectivity index (χ3n) is 1.54. The van der Waals surface area contributed by atoms with Crippen molar-refractivity contribution in [1.29, 1.82) is 0 Å². The van der Waals surface area contributed by atoms with Gasteiger partial charge in [0.25, 0.3) is 0 Å². The first-order chi connectivity index (χ1) is 5.60. The molecule has 0 aromatic rings. The van der Waals surface area contributed by atoms with E-state index in [2.05, 4.69) is 0 Å². The lowest BCUT2D eigenvalue weighted by molar-refractivity contribution is -0.182. The molecule has 0 aromatic carbocycles. The van der Waals surface area contributed by atoms with E-state index in [1.807, 2.05) is 13.8 Å². The molecule has 0 radical (unpaired) electrons. The first kappa shape index (κ1) is 11.8. The van der Waals surface area contributed by atoms with Crippen LogP contribution in [0.15, 0.2) is 0 Å². The van der Waals surface area contributed by atoms with E-state index >= 15 is 0 Å². The highest BCUT2D eigenvalue weighted by Gasteiger charge is 2.10. The van der Waals surface area contributed by atoms with Crippen LogP contribution in [-0.4, -0.2) is 18.7 Å². The number of hydrogen-bond acceptors (Lipinski definition) is 4. The van der Waals surface area contributed by atoms with E-state index in [1.54, 1.807) is 6.92 Å². The second-order valence-electron chi connectivity index (χ2n) is 2.73. The van der Waals surface area contributed by atoms with Crippen molar-refractivity contribution in [2.75, 3.05) is 0 Å². The summed E-state index contributed by atoms with van der Waals surface area (Å²) in [5.74, 6) is 0. The van der Waals surface area contributed by atoms with Crippen LogP contribution in [0.25, 0.3) is 0 Å². The smallest absolute Gasteiger partial charge is 0.158 e. The van der Waals surface area contributed by atoms with E-state index < -0.39 is 0 Å². The fourth-order valence-electron chi connectivity index (χ4n) is 0.717. The summed E-state index contributed by atoms with van der Waals surface area (Å²) in [4.78, 5) is 0. The van der Waals surface area contributed by atoms with Crippen LogP contribution < -0.4 is 11.5 Å². The zero-order valence-electron chi connectivity index (χ0n) is 8.12. The Labute approximate surface area is 74.2 Å². The highest BCUT2D eigenvalue weighted by Crippen LogP contribution is 2.02. The summed E-state index contributed by atoms with van der Waals surface area (Å²) in [7, 11) is 0. The topological polar surface area (TPSA) is 70.5 Å². The van der Waals surface area contributed by atoms with Crippen LogP contribution in [0.2, 0.25) is 0 Å². The Hall–Kier alpha value is -0.160. The van der Waals surface area contributed by atoms with Crippen LogP contribution in [-0.2, 0) is 9.47 Å². The lowest BCUT2D eigenvalue weighted by Gasteiger charge is -2.21. The molecule has 0 amide bonds. The molecule has 4 N–H and O–H groups in total. The molecule has 0 aliphatic heterocycles. The second-order valence-corrected chi connectivity index (χ2v) is 2.73. The zero-order valence-corrected chi connectivity index (χ0v) is 8.12. The van der Waals surface area contributed by atoms with Crippen molar-refractivity contribution in [2.45, 2.75) is 52.4 Å². The summed E-state index contributed by atoms with van der Waals surface area (Å²) >= 11 is 0. The largest absolute Gasteiger partial charge is 0.335 e. The van der Waals surface area contributed by atoms with Gasteiger partial charge in [0.2, 0.25) is 0 Å². The highest BCUT2D eigenvalue weighted by molar-refractivity contribution is 4.47. The average Bonchev–Trinajstić information content (AvgIpc) is 2.03. The van der Waals surface area contributed by atoms with Gasteiger partial charge in [-0.15, -0.1) is 0 Å². The molecule has 0 bridgehead atoms. The standard InChI is InChI=1S/C8H20N2O2/c1-4-7(9)11-6(3)12-8(10)5-2/h6-8H,4-5,9-10H2,1-3H3/t7-,8-/m1/s1. The molecule has 0 unspecified atom stereocenters.